The second-order valence-electron chi connectivity index (χ2n) is 11.0. The molecular formula is C28H36N4O4. The van der Waals surface area contributed by atoms with Gasteiger partial charge >= 0.3 is 0 Å². The highest BCUT2D eigenvalue weighted by Gasteiger charge is 2.54. The number of ether oxygens (including phenoxy) is 1. The Bertz CT molecular complexity index is 1100. The number of carbonyl (C=O) groups excluding carboxylic acids is 3. The van der Waals surface area contributed by atoms with Crippen LogP contribution >= 0.6 is 0 Å². The Morgan fingerprint density at radius 2 is 1.83 bits per heavy atom. The number of pyridine rings is 1. The summed E-state index contributed by atoms with van der Waals surface area (Å²) in [5.41, 5.74) is 1.26. The molecule has 0 saturated carbocycles. The Morgan fingerprint density at radius 1 is 1.11 bits per heavy atom. The molecule has 1 N–H and O–H groups in total. The molecule has 2 aliphatic rings. The number of nitrogens with zero attached hydrogens (tertiary/aromatic N) is 3. The number of rotatable bonds is 5. The maximum absolute atomic E-state index is 13.9. The zero-order chi connectivity index (χ0) is 25.9. The minimum absolute atomic E-state index is 0.0969. The summed E-state index contributed by atoms with van der Waals surface area (Å²) < 4.78 is 6.29. The van der Waals surface area contributed by atoms with Crippen molar-refractivity contribution in [1.82, 2.24) is 20.1 Å². The minimum Gasteiger partial charge on any atom is -0.353 e. The molecule has 1 aromatic heterocycles. The summed E-state index contributed by atoms with van der Waals surface area (Å²) in [6.07, 6.45) is 4.78. The van der Waals surface area contributed by atoms with Crippen molar-refractivity contribution in [2.24, 2.45) is 5.41 Å². The molecule has 2 aromatic rings. The van der Waals surface area contributed by atoms with E-state index in [4.69, 9.17) is 4.74 Å². The van der Waals surface area contributed by atoms with E-state index in [-0.39, 0.29) is 29.7 Å². The molecule has 2 aliphatic heterocycles. The fourth-order valence-corrected chi connectivity index (χ4v) is 4.99. The van der Waals surface area contributed by atoms with Crippen LogP contribution in [-0.2, 0) is 20.9 Å². The van der Waals surface area contributed by atoms with Crippen molar-refractivity contribution in [2.75, 3.05) is 19.7 Å². The van der Waals surface area contributed by atoms with Gasteiger partial charge in [0, 0.05) is 56.9 Å². The van der Waals surface area contributed by atoms with Crippen LogP contribution in [0.2, 0.25) is 0 Å². The summed E-state index contributed by atoms with van der Waals surface area (Å²) in [4.78, 5) is 47.7. The van der Waals surface area contributed by atoms with Gasteiger partial charge in [-0.3, -0.25) is 24.3 Å². The van der Waals surface area contributed by atoms with Gasteiger partial charge in [0.25, 0.3) is 5.91 Å². The van der Waals surface area contributed by atoms with Crippen LogP contribution in [0.25, 0.3) is 0 Å². The largest absolute Gasteiger partial charge is 0.353 e. The Kier molecular flexibility index (Phi) is 7.45. The maximum Gasteiger partial charge on any atom is 0.257 e. The van der Waals surface area contributed by atoms with Gasteiger partial charge in [-0.1, -0.05) is 45.0 Å². The van der Waals surface area contributed by atoms with Crippen molar-refractivity contribution in [3.05, 3.63) is 65.5 Å². The van der Waals surface area contributed by atoms with Gasteiger partial charge in [-0.25, -0.2) is 0 Å². The van der Waals surface area contributed by atoms with Crippen LogP contribution in [0.4, 0.5) is 0 Å². The fourth-order valence-electron chi connectivity index (χ4n) is 4.99. The number of hydrogen-bond acceptors (Lipinski definition) is 5. The molecule has 1 atom stereocenters. The number of aromatic nitrogens is 1. The first-order valence-electron chi connectivity index (χ1n) is 12.6. The van der Waals surface area contributed by atoms with Crippen LogP contribution in [0.1, 0.15) is 61.5 Å². The number of amides is 3. The highest BCUT2D eigenvalue weighted by Crippen LogP contribution is 2.39. The SMILES string of the molecule is Cc1ccccc1C(=O)N1C(C(=O)NCc2cccnc2)COC12CCN(C(=O)CC(C)(C)C)CC2. The molecule has 2 saturated heterocycles. The van der Waals surface area contributed by atoms with Crippen LogP contribution in [0.3, 0.4) is 0 Å². The predicted molar refractivity (Wildman–Crippen MR) is 136 cm³/mol. The van der Waals surface area contributed by atoms with E-state index < -0.39 is 11.8 Å². The summed E-state index contributed by atoms with van der Waals surface area (Å²) in [6.45, 7) is 9.44. The zero-order valence-electron chi connectivity index (χ0n) is 21.6. The van der Waals surface area contributed by atoms with Gasteiger partial charge in [0.1, 0.15) is 11.8 Å². The van der Waals surface area contributed by atoms with Crippen molar-refractivity contribution in [2.45, 2.75) is 65.3 Å². The van der Waals surface area contributed by atoms with Gasteiger partial charge in [0.2, 0.25) is 11.8 Å². The van der Waals surface area contributed by atoms with Crippen molar-refractivity contribution in [3.8, 4) is 0 Å². The topological polar surface area (TPSA) is 91.8 Å². The molecule has 0 aliphatic carbocycles. The normalized spacial score (nSPS) is 19.4. The van der Waals surface area contributed by atoms with Crippen molar-refractivity contribution in [3.63, 3.8) is 0 Å². The quantitative estimate of drug-likeness (QED) is 0.692. The number of aryl methyl sites for hydroxylation is 1. The average Bonchev–Trinajstić information content (AvgIpc) is 3.21. The van der Waals surface area contributed by atoms with Crippen LogP contribution in [0.15, 0.2) is 48.8 Å². The zero-order valence-corrected chi connectivity index (χ0v) is 21.6. The summed E-state index contributed by atoms with van der Waals surface area (Å²) in [7, 11) is 0. The number of piperidine rings is 1. The number of carbonyl (C=O) groups is 3. The Balaban J connectivity index is 1.55. The van der Waals surface area contributed by atoms with Crippen molar-refractivity contribution >= 4 is 17.7 Å². The van der Waals surface area contributed by atoms with E-state index in [1.165, 1.54) is 0 Å². The molecule has 8 heteroatoms. The molecule has 0 radical (unpaired) electrons. The Morgan fingerprint density at radius 3 is 2.47 bits per heavy atom. The van der Waals surface area contributed by atoms with Crippen molar-refractivity contribution < 1.29 is 19.1 Å². The standard InChI is InChI=1S/C28H36N4O4/c1-20-8-5-6-10-22(20)26(35)32-23(25(34)30-18-21-9-7-13-29-17-21)19-36-28(32)11-14-31(15-12-28)24(33)16-27(2,3)4/h5-10,13,17,23H,11-12,14-16,18-19H2,1-4H3,(H,30,34). The molecule has 1 unspecified atom stereocenters. The molecule has 0 bridgehead atoms. The number of nitrogens with one attached hydrogen (secondary N) is 1. The minimum atomic E-state index is -0.922. The monoisotopic (exact) mass is 492 g/mol. The third kappa shape index (κ3) is 5.59. The Labute approximate surface area is 213 Å². The lowest BCUT2D eigenvalue weighted by Crippen LogP contribution is -2.60. The van der Waals surface area contributed by atoms with Gasteiger partial charge < -0.3 is 15.0 Å². The molecule has 192 valence electrons. The Hall–Kier alpha value is -3.26. The maximum atomic E-state index is 13.9. The van der Waals surface area contributed by atoms with E-state index in [0.717, 1.165) is 11.1 Å². The molecular weight excluding hydrogens is 456 g/mol. The van der Waals surface area contributed by atoms with Crippen LogP contribution < -0.4 is 5.32 Å². The highest BCUT2D eigenvalue weighted by molar-refractivity contribution is 5.99. The molecule has 4 rings (SSSR count). The third-order valence-electron chi connectivity index (χ3n) is 6.93. The molecule has 8 nitrogen and oxygen atoms in total. The first kappa shape index (κ1) is 25.8. The molecule has 1 aromatic carbocycles. The third-order valence-corrected chi connectivity index (χ3v) is 6.93. The number of likely N-dealkylation sites (tertiary alicyclic amines) is 1. The fraction of sp³-hybridized carbons (Fsp3) is 0.500. The molecule has 3 heterocycles. The van der Waals surface area contributed by atoms with E-state index in [1.54, 1.807) is 23.4 Å². The number of hydrogen-bond donors (Lipinski definition) is 1. The summed E-state index contributed by atoms with van der Waals surface area (Å²) in [6, 6.07) is 10.3. The average molecular weight is 493 g/mol. The van der Waals surface area contributed by atoms with Gasteiger partial charge in [0.05, 0.1) is 6.61 Å². The lowest BCUT2D eigenvalue weighted by Gasteiger charge is -2.45. The van der Waals surface area contributed by atoms with E-state index >= 15 is 0 Å². The first-order chi connectivity index (χ1) is 17.1. The second-order valence-corrected chi connectivity index (χ2v) is 11.0. The van der Waals surface area contributed by atoms with Crippen LogP contribution in [0, 0.1) is 12.3 Å². The lowest BCUT2D eigenvalue weighted by atomic mass is 9.90. The molecule has 2 fully saturated rings. The van der Waals surface area contributed by atoms with Crippen molar-refractivity contribution in [1.29, 1.82) is 0 Å². The van der Waals surface area contributed by atoms with Gasteiger partial charge in [-0.2, -0.15) is 0 Å². The second kappa shape index (κ2) is 10.4. The number of benzene rings is 1. The van der Waals surface area contributed by atoms with E-state index in [2.05, 4.69) is 10.3 Å². The van der Waals surface area contributed by atoms with Crippen LogP contribution in [0.5, 0.6) is 0 Å². The summed E-state index contributed by atoms with van der Waals surface area (Å²) in [5, 5.41) is 2.95. The highest BCUT2D eigenvalue weighted by atomic mass is 16.5. The lowest BCUT2D eigenvalue weighted by molar-refractivity contribution is -0.145. The van der Waals surface area contributed by atoms with Gasteiger partial charge in [-0.15, -0.1) is 0 Å². The smallest absolute Gasteiger partial charge is 0.257 e. The summed E-state index contributed by atoms with van der Waals surface area (Å²) in [5.74, 6) is -0.372. The van der Waals surface area contributed by atoms with Gasteiger partial charge in [0.15, 0.2) is 0 Å². The van der Waals surface area contributed by atoms with Gasteiger partial charge in [-0.05, 0) is 35.6 Å². The predicted octanol–water partition coefficient (Wildman–Crippen LogP) is 3.30. The summed E-state index contributed by atoms with van der Waals surface area (Å²) >= 11 is 0. The molecule has 36 heavy (non-hydrogen) atoms. The van der Waals surface area contributed by atoms with E-state index in [0.29, 0.717) is 44.5 Å². The van der Waals surface area contributed by atoms with Crippen LogP contribution in [-0.4, -0.2) is 64.0 Å². The molecule has 1 spiro atoms. The van der Waals surface area contributed by atoms with E-state index in [9.17, 15) is 14.4 Å². The van der Waals surface area contributed by atoms with E-state index in [1.807, 2.05) is 62.9 Å². The molecule has 3 amide bonds. The first-order valence-corrected chi connectivity index (χ1v) is 12.6.